The van der Waals surface area contributed by atoms with Crippen molar-refractivity contribution in [2.45, 2.75) is 19.8 Å². The Bertz CT molecular complexity index is 1250. The van der Waals surface area contributed by atoms with Crippen LogP contribution in [0.3, 0.4) is 0 Å². The lowest BCUT2D eigenvalue weighted by atomic mass is 9.88. The van der Waals surface area contributed by atoms with Crippen LogP contribution in [0.1, 0.15) is 42.0 Å². The number of carbonyl (C=O) groups is 1. The summed E-state index contributed by atoms with van der Waals surface area (Å²) in [6.45, 7) is 2.15. The third kappa shape index (κ3) is 7.17. The molecule has 0 saturated heterocycles. The maximum atomic E-state index is 12.0. The first-order valence-corrected chi connectivity index (χ1v) is 13.3. The Balaban J connectivity index is 1.89. The molecule has 3 aromatic rings. The fraction of sp³-hybridized carbons (Fsp3) is 0.179. The molecular formula is C28H28ClNO3S. The third-order valence-electron chi connectivity index (χ3n) is 5.27. The predicted molar refractivity (Wildman–Crippen MR) is 142 cm³/mol. The Morgan fingerprint density at radius 3 is 1.97 bits per heavy atom. The molecule has 0 aromatic heterocycles. The molecular weight excluding hydrogens is 466 g/mol. The quantitative estimate of drug-likeness (QED) is 0.209. The van der Waals surface area contributed by atoms with E-state index in [0.29, 0.717) is 0 Å². The summed E-state index contributed by atoms with van der Waals surface area (Å²) < 4.78 is 25.7. The molecule has 3 rings (SSSR count). The Labute approximate surface area is 207 Å². The first-order valence-electron chi connectivity index (χ1n) is 11.2. The van der Waals surface area contributed by atoms with E-state index in [-0.39, 0.29) is 18.1 Å². The van der Waals surface area contributed by atoms with Gasteiger partial charge in [0.25, 0.3) is 5.91 Å². The van der Waals surface area contributed by atoms with E-state index >= 15 is 0 Å². The highest BCUT2D eigenvalue weighted by Gasteiger charge is 2.13. The number of alkyl halides is 1. The van der Waals surface area contributed by atoms with Gasteiger partial charge in [-0.05, 0) is 52.3 Å². The van der Waals surface area contributed by atoms with E-state index in [2.05, 4.69) is 31.2 Å². The van der Waals surface area contributed by atoms with Crippen LogP contribution < -0.4 is 4.72 Å². The lowest BCUT2D eigenvalue weighted by molar-refractivity contribution is -0.114. The van der Waals surface area contributed by atoms with Crippen LogP contribution in [0, 0.1) is 0 Å². The summed E-state index contributed by atoms with van der Waals surface area (Å²) in [5.41, 5.74) is 6.58. The van der Waals surface area contributed by atoms with Crippen molar-refractivity contribution in [3.8, 4) is 0 Å². The van der Waals surface area contributed by atoms with E-state index < -0.39 is 15.9 Å². The fourth-order valence-electron chi connectivity index (χ4n) is 3.70. The normalized spacial score (nSPS) is 12.4. The smallest absolute Gasteiger partial charge is 0.257 e. The van der Waals surface area contributed by atoms with Crippen LogP contribution in [0.25, 0.3) is 17.2 Å². The molecule has 0 aliphatic carbocycles. The number of hydrogen-bond donors (Lipinski definition) is 1. The van der Waals surface area contributed by atoms with Gasteiger partial charge < -0.3 is 0 Å². The number of carbonyl (C=O) groups excluding carboxylic acids is 1. The van der Waals surface area contributed by atoms with Crippen molar-refractivity contribution in [2.75, 3.05) is 11.6 Å². The van der Waals surface area contributed by atoms with Crippen molar-refractivity contribution < 1.29 is 13.2 Å². The van der Waals surface area contributed by atoms with E-state index in [0.717, 1.165) is 28.7 Å². The lowest BCUT2D eigenvalue weighted by Crippen LogP contribution is -2.31. The maximum Gasteiger partial charge on any atom is 0.257 e. The van der Waals surface area contributed by atoms with Gasteiger partial charge in [0.05, 0.1) is 5.75 Å². The average Bonchev–Trinajstić information content (AvgIpc) is 2.86. The summed E-state index contributed by atoms with van der Waals surface area (Å²) in [6, 6.07) is 28.5. The van der Waals surface area contributed by atoms with Crippen LogP contribution in [0.2, 0.25) is 0 Å². The Hall–Kier alpha value is -3.15. The lowest BCUT2D eigenvalue weighted by Gasteiger charge is -2.16. The van der Waals surface area contributed by atoms with Gasteiger partial charge >= 0.3 is 0 Å². The molecule has 4 nitrogen and oxygen atoms in total. The van der Waals surface area contributed by atoms with Crippen LogP contribution in [0.4, 0.5) is 0 Å². The van der Waals surface area contributed by atoms with E-state index in [1.807, 2.05) is 65.4 Å². The molecule has 0 bridgehead atoms. The van der Waals surface area contributed by atoms with Crippen LogP contribution in [-0.4, -0.2) is 26.0 Å². The molecule has 0 fully saturated rings. The third-order valence-corrected chi connectivity index (χ3v) is 6.87. The maximum absolute atomic E-state index is 12.0. The molecule has 176 valence electrons. The summed E-state index contributed by atoms with van der Waals surface area (Å²) in [7, 11) is -3.68. The molecule has 1 N–H and O–H groups in total. The van der Waals surface area contributed by atoms with Gasteiger partial charge in [0, 0.05) is 12.0 Å². The fourth-order valence-corrected chi connectivity index (χ4v) is 4.99. The largest absolute Gasteiger partial charge is 0.269 e. The van der Waals surface area contributed by atoms with Gasteiger partial charge in [-0.25, -0.2) is 13.1 Å². The zero-order valence-electron chi connectivity index (χ0n) is 19.1. The van der Waals surface area contributed by atoms with Crippen LogP contribution >= 0.6 is 11.6 Å². The molecule has 0 saturated carbocycles. The van der Waals surface area contributed by atoms with Crippen molar-refractivity contribution in [3.63, 3.8) is 0 Å². The van der Waals surface area contributed by atoms with Crippen LogP contribution in [-0.2, 0) is 14.8 Å². The summed E-state index contributed by atoms with van der Waals surface area (Å²) in [4.78, 5) is 12.0. The highest BCUT2D eigenvalue weighted by Crippen LogP contribution is 2.34. The molecule has 0 heterocycles. The number of halogens is 1. The van der Waals surface area contributed by atoms with Crippen molar-refractivity contribution in [3.05, 3.63) is 113 Å². The topological polar surface area (TPSA) is 63.2 Å². The monoisotopic (exact) mass is 493 g/mol. The minimum atomic E-state index is -3.68. The SMILES string of the molecule is CC/C(=C(\c1ccccc1)c1ccc(/C=C/C(=O)NS(=O)(=O)CCCCl)cc1)c1ccccc1. The van der Waals surface area contributed by atoms with Gasteiger partial charge in [0.1, 0.15) is 0 Å². The van der Waals surface area contributed by atoms with Crippen LogP contribution in [0.15, 0.2) is 91.0 Å². The van der Waals surface area contributed by atoms with Gasteiger partial charge in [0.2, 0.25) is 10.0 Å². The second-order valence-corrected chi connectivity index (χ2v) is 9.94. The van der Waals surface area contributed by atoms with Crippen molar-refractivity contribution >= 4 is 44.8 Å². The number of hydrogen-bond acceptors (Lipinski definition) is 3. The molecule has 0 spiro atoms. The highest BCUT2D eigenvalue weighted by atomic mass is 35.5. The molecule has 0 atom stereocenters. The molecule has 1 amide bonds. The van der Waals surface area contributed by atoms with E-state index in [4.69, 9.17) is 11.6 Å². The van der Waals surface area contributed by atoms with E-state index in [1.54, 1.807) is 6.08 Å². The second-order valence-electron chi connectivity index (χ2n) is 7.72. The molecule has 0 radical (unpaired) electrons. The van der Waals surface area contributed by atoms with Gasteiger partial charge in [-0.15, -0.1) is 11.6 Å². The van der Waals surface area contributed by atoms with Crippen LogP contribution in [0.5, 0.6) is 0 Å². The zero-order chi connectivity index (χ0) is 24.4. The van der Waals surface area contributed by atoms with Gasteiger partial charge in [0.15, 0.2) is 0 Å². The first kappa shape index (κ1) is 25.5. The van der Waals surface area contributed by atoms with E-state index in [9.17, 15) is 13.2 Å². The molecule has 3 aromatic carbocycles. The summed E-state index contributed by atoms with van der Waals surface area (Å²) in [5, 5.41) is 0. The second kappa shape index (κ2) is 12.4. The predicted octanol–water partition coefficient (Wildman–Crippen LogP) is 6.14. The Morgan fingerprint density at radius 2 is 1.41 bits per heavy atom. The Morgan fingerprint density at radius 1 is 0.853 bits per heavy atom. The van der Waals surface area contributed by atoms with Crippen molar-refractivity contribution in [2.24, 2.45) is 0 Å². The molecule has 6 heteroatoms. The minimum Gasteiger partial charge on any atom is -0.269 e. The Kier molecular flexibility index (Phi) is 9.25. The number of nitrogens with one attached hydrogen (secondary N) is 1. The average molecular weight is 494 g/mol. The number of rotatable bonds is 10. The van der Waals surface area contributed by atoms with Crippen molar-refractivity contribution in [1.29, 1.82) is 0 Å². The number of benzene rings is 3. The molecule has 34 heavy (non-hydrogen) atoms. The first-order chi connectivity index (χ1) is 16.4. The number of allylic oxidation sites excluding steroid dienone is 1. The summed E-state index contributed by atoms with van der Waals surface area (Å²) in [6.07, 6.45) is 3.98. The zero-order valence-corrected chi connectivity index (χ0v) is 20.6. The number of sulfonamides is 1. The molecule has 0 aliphatic heterocycles. The summed E-state index contributed by atoms with van der Waals surface area (Å²) in [5.74, 6) is -0.637. The standard InChI is InChI=1S/C28H28ClNO3S/c1-2-26(23-10-5-3-6-11-23)28(24-12-7-4-8-13-24)25-17-14-22(15-18-25)16-19-27(31)30-34(32,33)21-9-20-29/h3-8,10-19H,2,9,20-21H2,1H3,(H,30,31)/b19-16+,28-26-. The summed E-state index contributed by atoms with van der Waals surface area (Å²) >= 11 is 5.53. The number of amides is 1. The highest BCUT2D eigenvalue weighted by molar-refractivity contribution is 7.90. The minimum absolute atomic E-state index is 0.180. The van der Waals surface area contributed by atoms with Gasteiger partial charge in [-0.1, -0.05) is 91.9 Å². The van der Waals surface area contributed by atoms with E-state index in [1.165, 1.54) is 17.2 Å². The van der Waals surface area contributed by atoms with Gasteiger partial charge in [-0.2, -0.15) is 0 Å². The molecule has 0 aliphatic rings. The van der Waals surface area contributed by atoms with Gasteiger partial charge in [-0.3, -0.25) is 4.79 Å². The van der Waals surface area contributed by atoms with Crippen molar-refractivity contribution in [1.82, 2.24) is 4.72 Å². The molecule has 0 unspecified atom stereocenters.